The summed E-state index contributed by atoms with van der Waals surface area (Å²) in [4.78, 5) is 0.899. The molecule has 2 rings (SSSR count). The van der Waals surface area contributed by atoms with Crippen LogP contribution in [-0.2, 0) is 13.6 Å². The van der Waals surface area contributed by atoms with Crippen molar-refractivity contribution in [2.45, 2.75) is 12.6 Å². The number of hydrogen-bond acceptors (Lipinski definition) is 3. The molecule has 2 aromatic heterocycles. The van der Waals surface area contributed by atoms with Crippen molar-refractivity contribution in [3.05, 3.63) is 45.4 Å². The van der Waals surface area contributed by atoms with Crippen LogP contribution in [0.2, 0.25) is 4.34 Å². The Morgan fingerprint density at radius 3 is 2.88 bits per heavy atom. The maximum absolute atomic E-state index is 9.90. The number of halogens is 1. The van der Waals surface area contributed by atoms with E-state index < -0.39 is 6.10 Å². The number of aryl methyl sites for hydroxylation is 1. The Morgan fingerprint density at radius 2 is 2.29 bits per heavy atom. The summed E-state index contributed by atoms with van der Waals surface area (Å²) in [5.74, 6) is 0. The Balaban J connectivity index is 1.78. The molecule has 0 aliphatic rings. The fourth-order valence-corrected chi connectivity index (χ4v) is 2.67. The third-order valence-electron chi connectivity index (χ3n) is 2.48. The molecule has 0 aliphatic carbocycles. The van der Waals surface area contributed by atoms with Crippen molar-refractivity contribution in [3.63, 3.8) is 0 Å². The summed E-state index contributed by atoms with van der Waals surface area (Å²) in [5, 5.41) is 13.1. The Morgan fingerprint density at radius 1 is 1.47 bits per heavy atom. The second kappa shape index (κ2) is 5.69. The third kappa shape index (κ3) is 3.57. The standard InChI is InChI=1S/C12H15ClN2OS/c1-15-5-4-9(8-15)6-14-7-10(16)11-2-3-12(13)17-11/h2-5,8,10,14,16H,6-7H2,1H3. The molecular weight excluding hydrogens is 256 g/mol. The fraction of sp³-hybridized carbons (Fsp3) is 0.333. The Labute approximate surface area is 110 Å². The number of thiophene rings is 1. The van der Waals surface area contributed by atoms with Gasteiger partial charge >= 0.3 is 0 Å². The molecule has 0 spiro atoms. The second-order valence-corrected chi connectivity index (χ2v) is 5.72. The molecule has 0 saturated heterocycles. The average Bonchev–Trinajstić information content (AvgIpc) is 2.88. The molecule has 92 valence electrons. The zero-order valence-corrected chi connectivity index (χ0v) is 11.1. The monoisotopic (exact) mass is 270 g/mol. The van der Waals surface area contributed by atoms with Crippen molar-refractivity contribution in [2.24, 2.45) is 7.05 Å². The summed E-state index contributed by atoms with van der Waals surface area (Å²) in [6, 6.07) is 5.73. The van der Waals surface area contributed by atoms with Gasteiger partial charge in [0.25, 0.3) is 0 Å². The highest BCUT2D eigenvalue weighted by atomic mass is 35.5. The topological polar surface area (TPSA) is 37.2 Å². The van der Waals surface area contributed by atoms with E-state index >= 15 is 0 Å². The molecule has 2 heterocycles. The Kier molecular flexibility index (Phi) is 4.23. The molecule has 0 aromatic carbocycles. The summed E-state index contributed by atoms with van der Waals surface area (Å²) < 4.78 is 2.72. The molecule has 5 heteroatoms. The third-order valence-corrected chi connectivity index (χ3v) is 3.81. The van der Waals surface area contributed by atoms with E-state index in [-0.39, 0.29) is 0 Å². The predicted octanol–water partition coefficient (Wildman–Crippen LogP) is 2.56. The van der Waals surface area contributed by atoms with Crippen molar-refractivity contribution in [2.75, 3.05) is 6.54 Å². The van der Waals surface area contributed by atoms with Gasteiger partial charge in [-0.2, -0.15) is 0 Å². The van der Waals surface area contributed by atoms with Gasteiger partial charge in [-0.05, 0) is 23.8 Å². The van der Waals surface area contributed by atoms with E-state index in [9.17, 15) is 5.11 Å². The van der Waals surface area contributed by atoms with Gasteiger partial charge in [0.2, 0.25) is 0 Å². The van der Waals surface area contributed by atoms with Gasteiger partial charge in [-0.25, -0.2) is 0 Å². The molecule has 0 fully saturated rings. The van der Waals surface area contributed by atoms with Crippen LogP contribution in [0.3, 0.4) is 0 Å². The van der Waals surface area contributed by atoms with Crippen molar-refractivity contribution in [1.29, 1.82) is 0 Å². The number of nitrogens with zero attached hydrogens (tertiary/aromatic N) is 1. The van der Waals surface area contributed by atoms with Gasteiger partial charge in [-0.3, -0.25) is 0 Å². The molecule has 17 heavy (non-hydrogen) atoms. The van der Waals surface area contributed by atoms with Crippen molar-refractivity contribution < 1.29 is 5.11 Å². The number of hydrogen-bond donors (Lipinski definition) is 2. The van der Waals surface area contributed by atoms with Crippen LogP contribution in [0.25, 0.3) is 0 Å². The Bertz CT molecular complexity index is 480. The fourth-order valence-electron chi connectivity index (χ4n) is 1.63. The lowest BCUT2D eigenvalue weighted by atomic mass is 10.3. The molecule has 1 atom stereocenters. The first kappa shape index (κ1) is 12.6. The van der Waals surface area contributed by atoms with Crippen LogP contribution in [0, 0.1) is 0 Å². The molecule has 0 radical (unpaired) electrons. The Hall–Kier alpha value is -0.810. The maximum Gasteiger partial charge on any atom is 0.101 e. The summed E-state index contributed by atoms with van der Waals surface area (Å²) in [7, 11) is 1.99. The van der Waals surface area contributed by atoms with E-state index in [0.717, 1.165) is 11.4 Å². The van der Waals surface area contributed by atoms with Gasteiger partial charge in [0.05, 0.1) is 4.34 Å². The van der Waals surface area contributed by atoms with Gasteiger partial charge < -0.3 is 15.0 Å². The normalized spacial score (nSPS) is 12.9. The number of nitrogens with one attached hydrogen (secondary N) is 1. The second-order valence-electron chi connectivity index (χ2n) is 3.97. The van der Waals surface area contributed by atoms with Gasteiger partial charge in [0.1, 0.15) is 6.10 Å². The van der Waals surface area contributed by atoms with Gasteiger partial charge in [-0.1, -0.05) is 11.6 Å². The first-order chi connectivity index (χ1) is 8.15. The van der Waals surface area contributed by atoms with E-state index in [2.05, 4.69) is 17.6 Å². The summed E-state index contributed by atoms with van der Waals surface area (Å²) in [5.41, 5.74) is 1.21. The molecule has 0 aliphatic heterocycles. The quantitative estimate of drug-likeness (QED) is 0.876. The van der Waals surface area contributed by atoms with Crippen LogP contribution >= 0.6 is 22.9 Å². The van der Waals surface area contributed by atoms with Crippen LogP contribution in [0.5, 0.6) is 0 Å². The predicted molar refractivity (Wildman–Crippen MR) is 71.4 cm³/mol. The molecule has 3 nitrogen and oxygen atoms in total. The zero-order valence-electron chi connectivity index (χ0n) is 9.56. The minimum atomic E-state index is -0.490. The van der Waals surface area contributed by atoms with E-state index in [0.29, 0.717) is 10.9 Å². The first-order valence-corrected chi connectivity index (χ1v) is 6.59. The van der Waals surface area contributed by atoms with Gasteiger partial charge in [-0.15, -0.1) is 11.3 Å². The molecule has 0 saturated carbocycles. The van der Waals surface area contributed by atoms with E-state index in [1.807, 2.05) is 29.9 Å². The molecule has 0 bridgehead atoms. The van der Waals surface area contributed by atoms with E-state index in [4.69, 9.17) is 11.6 Å². The molecular formula is C12H15ClN2OS. The highest BCUT2D eigenvalue weighted by molar-refractivity contribution is 7.16. The number of aliphatic hydroxyl groups excluding tert-OH is 1. The summed E-state index contributed by atoms with van der Waals surface area (Å²) >= 11 is 7.24. The van der Waals surface area contributed by atoms with Gasteiger partial charge in [0.15, 0.2) is 0 Å². The van der Waals surface area contributed by atoms with Crippen LogP contribution in [0.15, 0.2) is 30.6 Å². The van der Waals surface area contributed by atoms with Crippen LogP contribution < -0.4 is 5.32 Å². The number of aliphatic hydroxyl groups is 1. The minimum absolute atomic E-state index is 0.490. The minimum Gasteiger partial charge on any atom is -0.386 e. The number of aromatic nitrogens is 1. The highest BCUT2D eigenvalue weighted by Crippen LogP contribution is 2.26. The van der Waals surface area contributed by atoms with Gasteiger partial charge in [0, 0.05) is 37.4 Å². The van der Waals surface area contributed by atoms with Crippen molar-refractivity contribution >= 4 is 22.9 Å². The van der Waals surface area contributed by atoms with E-state index in [1.54, 1.807) is 0 Å². The van der Waals surface area contributed by atoms with Crippen LogP contribution in [0.1, 0.15) is 16.5 Å². The van der Waals surface area contributed by atoms with E-state index in [1.165, 1.54) is 16.9 Å². The largest absolute Gasteiger partial charge is 0.386 e. The zero-order chi connectivity index (χ0) is 12.3. The lowest BCUT2D eigenvalue weighted by Crippen LogP contribution is -2.20. The molecule has 2 aromatic rings. The lowest BCUT2D eigenvalue weighted by Gasteiger charge is -2.09. The molecule has 1 unspecified atom stereocenters. The smallest absolute Gasteiger partial charge is 0.101 e. The summed E-state index contributed by atoms with van der Waals surface area (Å²) in [6.07, 6.45) is 3.57. The highest BCUT2D eigenvalue weighted by Gasteiger charge is 2.09. The SMILES string of the molecule is Cn1ccc(CNCC(O)c2ccc(Cl)s2)c1. The average molecular weight is 271 g/mol. The van der Waals surface area contributed by atoms with Crippen LogP contribution in [-0.4, -0.2) is 16.2 Å². The van der Waals surface area contributed by atoms with Crippen molar-refractivity contribution in [3.8, 4) is 0 Å². The van der Waals surface area contributed by atoms with Crippen LogP contribution in [0.4, 0.5) is 0 Å². The molecule has 2 N–H and O–H groups in total. The first-order valence-electron chi connectivity index (χ1n) is 5.40. The summed E-state index contributed by atoms with van der Waals surface area (Å²) in [6.45, 7) is 1.29. The maximum atomic E-state index is 9.90. The molecule has 0 amide bonds. The van der Waals surface area contributed by atoms with Crippen molar-refractivity contribution in [1.82, 2.24) is 9.88 Å². The number of rotatable bonds is 5. The lowest BCUT2D eigenvalue weighted by molar-refractivity contribution is 0.178.